The van der Waals surface area contributed by atoms with Crippen molar-refractivity contribution in [2.45, 2.75) is 0 Å². The maximum Gasteiger partial charge on any atom is 0.355 e. The van der Waals surface area contributed by atoms with Crippen LogP contribution < -0.4 is 0 Å². The van der Waals surface area contributed by atoms with Crippen molar-refractivity contribution in [2.75, 3.05) is 7.11 Å². The highest BCUT2D eigenvalue weighted by Crippen LogP contribution is 2.27. The fraction of sp³-hybridized carbons (Fsp3) is 0.0833. The Kier molecular flexibility index (Phi) is 3.52. The molecule has 2 aromatic rings. The van der Waals surface area contributed by atoms with Gasteiger partial charge in [-0.1, -0.05) is 11.6 Å². The highest BCUT2D eigenvalue weighted by molar-refractivity contribution is 6.30. The first-order valence-electron chi connectivity index (χ1n) is 5.24. The number of nitrogens with zero attached hydrogens (tertiary/aromatic N) is 2. The van der Waals surface area contributed by atoms with Crippen molar-refractivity contribution >= 4 is 23.3 Å². The third kappa shape index (κ3) is 2.43. The molecule has 98 valence electrons. The van der Waals surface area contributed by atoms with Gasteiger partial charge in [0.05, 0.1) is 12.0 Å². The summed E-state index contributed by atoms with van der Waals surface area (Å²) in [6, 6.07) is 7.24. The Hall–Kier alpha value is -2.34. The molecule has 0 saturated heterocycles. The van der Waals surface area contributed by atoms with E-state index >= 15 is 0 Å². The van der Waals surface area contributed by atoms with Crippen molar-refractivity contribution in [2.24, 2.45) is 0 Å². The molecule has 0 saturated carbocycles. The molecule has 2 rings (SSSR count). The molecule has 1 heterocycles. The lowest BCUT2D eigenvalue weighted by atomic mass is 10.2. The minimum Gasteiger partial charge on any atom is -0.464 e. The zero-order chi connectivity index (χ0) is 14.0. The molecule has 0 aliphatic rings. The van der Waals surface area contributed by atoms with E-state index < -0.39 is 10.9 Å². The fourth-order valence-corrected chi connectivity index (χ4v) is 1.87. The summed E-state index contributed by atoms with van der Waals surface area (Å²) in [6.07, 6.45) is 1.53. The van der Waals surface area contributed by atoms with Gasteiger partial charge in [-0.3, -0.25) is 10.1 Å². The van der Waals surface area contributed by atoms with E-state index in [0.717, 1.165) is 0 Å². The van der Waals surface area contributed by atoms with Crippen LogP contribution in [-0.2, 0) is 4.74 Å². The smallest absolute Gasteiger partial charge is 0.355 e. The standard InChI is InChI=1S/C12H9ClN2O4/c1-19-12(16)10-3-2-6-14(10)11-7-8(13)4-5-9(11)15(17)18/h2-7H,1H3. The van der Waals surface area contributed by atoms with Gasteiger partial charge in [0.15, 0.2) is 0 Å². The number of nitro benzene ring substituents is 1. The monoisotopic (exact) mass is 280 g/mol. The largest absolute Gasteiger partial charge is 0.464 e. The van der Waals surface area contributed by atoms with Crippen LogP contribution in [0.1, 0.15) is 10.5 Å². The lowest BCUT2D eigenvalue weighted by Crippen LogP contribution is -2.09. The van der Waals surface area contributed by atoms with Crippen LogP contribution in [0.3, 0.4) is 0 Å². The van der Waals surface area contributed by atoms with Crippen molar-refractivity contribution < 1.29 is 14.5 Å². The Labute approximate surface area is 113 Å². The van der Waals surface area contributed by atoms with Gasteiger partial charge in [0.1, 0.15) is 11.4 Å². The number of ether oxygens (including phenoxy) is 1. The van der Waals surface area contributed by atoms with E-state index in [9.17, 15) is 14.9 Å². The first-order valence-corrected chi connectivity index (χ1v) is 5.62. The molecular formula is C12H9ClN2O4. The van der Waals surface area contributed by atoms with Crippen LogP contribution in [0.4, 0.5) is 5.69 Å². The lowest BCUT2D eigenvalue weighted by Gasteiger charge is -2.08. The number of halogens is 1. The zero-order valence-corrected chi connectivity index (χ0v) is 10.6. The van der Waals surface area contributed by atoms with Crippen LogP contribution in [0.2, 0.25) is 5.02 Å². The number of carbonyl (C=O) groups excluding carboxylic acids is 1. The maximum absolute atomic E-state index is 11.6. The minimum atomic E-state index is -0.584. The quantitative estimate of drug-likeness (QED) is 0.492. The predicted molar refractivity (Wildman–Crippen MR) is 68.8 cm³/mol. The van der Waals surface area contributed by atoms with Crippen molar-refractivity contribution in [1.82, 2.24) is 4.57 Å². The van der Waals surface area contributed by atoms with E-state index in [1.165, 1.54) is 42.1 Å². The summed E-state index contributed by atoms with van der Waals surface area (Å²) in [5.41, 5.74) is 0.251. The van der Waals surface area contributed by atoms with Crippen LogP contribution in [0.25, 0.3) is 5.69 Å². The first kappa shape index (κ1) is 13.1. The van der Waals surface area contributed by atoms with Crippen molar-refractivity contribution in [3.05, 3.63) is 57.4 Å². The summed E-state index contributed by atoms with van der Waals surface area (Å²) in [4.78, 5) is 22.1. The maximum atomic E-state index is 11.6. The highest BCUT2D eigenvalue weighted by Gasteiger charge is 2.20. The molecule has 0 unspecified atom stereocenters. The number of rotatable bonds is 3. The zero-order valence-electron chi connectivity index (χ0n) is 9.87. The number of methoxy groups -OCH3 is 1. The summed E-state index contributed by atoms with van der Waals surface area (Å²) in [5.74, 6) is -0.584. The number of aromatic nitrogens is 1. The third-order valence-corrected chi connectivity index (χ3v) is 2.77. The predicted octanol–water partition coefficient (Wildman–Crippen LogP) is 2.83. The molecule has 6 nitrogen and oxygen atoms in total. The first-order chi connectivity index (χ1) is 9.04. The molecular weight excluding hydrogens is 272 g/mol. The summed E-state index contributed by atoms with van der Waals surface area (Å²) in [6.45, 7) is 0. The van der Waals surface area contributed by atoms with Crippen molar-refractivity contribution in [3.63, 3.8) is 0 Å². The fourth-order valence-electron chi connectivity index (χ4n) is 1.71. The van der Waals surface area contributed by atoms with Gasteiger partial charge in [-0.25, -0.2) is 4.79 Å². The number of carbonyl (C=O) groups is 1. The molecule has 1 aromatic carbocycles. The Balaban J connectivity index is 2.65. The van der Waals surface area contributed by atoms with Gasteiger partial charge in [-0.05, 0) is 24.3 Å². The summed E-state index contributed by atoms with van der Waals surface area (Å²) >= 11 is 5.85. The van der Waals surface area contributed by atoms with E-state index in [2.05, 4.69) is 4.74 Å². The van der Waals surface area contributed by atoms with Gasteiger partial charge < -0.3 is 9.30 Å². The highest BCUT2D eigenvalue weighted by atomic mass is 35.5. The normalized spacial score (nSPS) is 10.2. The van der Waals surface area contributed by atoms with E-state index in [1.54, 1.807) is 6.07 Å². The van der Waals surface area contributed by atoms with Crippen molar-refractivity contribution in [1.29, 1.82) is 0 Å². The summed E-state index contributed by atoms with van der Waals surface area (Å²) in [7, 11) is 1.24. The van der Waals surface area contributed by atoms with E-state index in [4.69, 9.17) is 11.6 Å². The van der Waals surface area contributed by atoms with Crippen LogP contribution >= 0.6 is 11.6 Å². The average molecular weight is 281 g/mol. The molecule has 0 aliphatic carbocycles. The molecule has 0 N–H and O–H groups in total. The molecule has 0 fully saturated rings. The Morgan fingerprint density at radius 1 is 1.42 bits per heavy atom. The molecule has 0 aliphatic heterocycles. The number of hydrogen-bond acceptors (Lipinski definition) is 4. The molecule has 0 radical (unpaired) electrons. The molecule has 0 spiro atoms. The summed E-state index contributed by atoms with van der Waals surface area (Å²) in [5, 5.41) is 11.3. The van der Waals surface area contributed by atoms with Gasteiger partial charge in [0.2, 0.25) is 0 Å². The van der Waals surface area contributed by atoms with Crippen LogP contribution in [0.5, 0.6) is 0 Å². The van der Waals surface area contributed by atoms with E-state index in [0.29, 0.717) is 5.02 Å². The Bertz CT molecular complexity index is 651. The van der Waals surface area contributed by atoms with Gasteiger partial charge in [0, 0.05) is 17.3 Å². The molecule has 7 heteroatoms. The van der Waals surface area contributed by atoms with E-state index in [-0.39, 0.29) is 17.1 Å². The van der Waals surface area contributed by atoms with Gasteiger partial charge in [-0.15, -0.1) is 0 Å². The SMILES string of the molecule is COC(=O)c1cccn1-c1cc(Cl)ccc1[N+](=O)[O-]. The minimum absolute atomic E-state index is 0.147. The molecule has 0 bridgehead atoms. The average Bonchev–Trinajstić information content (AvgIpc) is 2.86. The van der Waals surface area contributed by atoms with Gasteiger partial charge in [-0.2, -0.15) is 0 Å². The molecule has 0 atom stereocenters. The number of nitro groups is 1. The second-order valence-electron chi connectivity index (χ2n) is 3.65. The number of hydrogen-bond donors (Lipinski definition) is 0. The Morgan fingerprint density at radius 2 is 2.16 bits per heavy atom. The van der Waals surface area contributed by atoms with Crippen LogP contribution in [0.15, 0.2) is 36.5 Å². The Morgan fingerprint density at radius 3 is 2.79 bits per heavy atom. The second-order valence-corrected chi connectivity index (χ2v) is 4.08. The molecule has 1 aromatic heterocycles. The molecule has 0 amide bonds. The van der Waals surface area contributed by atoms with Crippen LogP contribution in [-0.4, -0.2) is 22.6 Å². The summed E-state index contributed by atoms with van der Waals surface area (Å²) < 4.78 is 6.00. The van der Waals surface area contributed by atoms with Gasteiger partial charge in [0.25, 0.3) is 5.69 Å². The number of esters is 1. The van der Waals surface area contributed by atoms with Crippen molar-refractivity contribution in [3.8, 4) is 5.69 Å². The van der Waals surface area contributed by atoms with E-state index in [1.807, 2.05) is 0 Å². The second kappa shape index (κ2) is 5.11. The van der Waals surface area contributed by atoms with Crippen LogP contribution in [0, 0.1) is 10.1 Å². The third-order valence-electron chi connectivity index (χ3n) is 2.54. The van der Waals surface area contributed by atoms with Gasteiger partial charge >= 0.3 is 5.97 Å². The topological polar surface area (TPSA) is 74.4 Å². The lowest BCUT2D eigenvalue weighted by molar-refractivity contribution is -0.384. The molecule has 19 heavy (non-hydrogen) atoms. The number of benzene rings is 1.